The Morgan fingerprint density at radius 2 is 1.77 bits per heavy atom. The fourth-order valence-corrected chi connectivity index (χ4v) is 2.34. The van der Waals surface area contributed by atoms with Gasteiger partial charge in [-0.25, -0.2) is 13.2 Å². The quantitative estimate of drug-likeness (QED) is 0.659. The zero-order valence-electron chi connectivity index (χ0n) is 13.7. The number of carbonyl (C=O) groups is 1. The topological polar surface area (TPSA) is 54.0 Å². The Morgan fingerprint density at radius 1 is 0.962 bits per heavy atom. The highest BCUT2D eigenvalue weighted by Gasteiger charge is 2.14. The molecule has 1 heterocycles. The Hall–Kier alpha value is -3.35. The normalized spacial score (nSPS) is 10.5. The summed E-state index contributed by atoms with van der Waals surface area (Å²) in [6.45, 7) is 1.90. The van der Waals surface area contributed by atoms with Crippen molar-refractivity contribution >= 4 is 23.0 Å². The van der Waals surface area contributed by atoms with Crippen LogP contribution in [-0.4, -0.2) is 10.9 Å². The first-order valence-electron chi connectivity index (χ1n) is 7.67. The molecule has 0 fully saturated rings. The van der Waals surface area contributed by atoms with Crippen molar-refractivity contribution in [3.8, 4) is 0 Å². The number of aryl methyl sites for hydroxylation is 1. The average molecular weight is 357 g/mol. The van der Waals surface area contributed by atoms with Gasteiger partial charge in [-0.3, -0.25) is 9.78 Å². The molecule has 0 aliphatic carbocycles. The van der Waals surface area contributed by atoms with E-state index in [2.05, 4.69) is 15.6 Å². The van der Waals surface area contributed by atoms with Gasteiger partial charge < -0.3 is 10.6 Å². The van der Waals surface area contributed by atoms with Gasteiger partial charge in [0.15, 0.2) is 17.5 Å². The molecule has 0 spiro atoms. The summed E-state index contributed by atoms with van der Waals surface area (Å²) in [6.07, 6.45) is 2.68. The number of nitrogens with one attached hydrogen (secondary N) is 2. The number of aromatic nitrogens is 1. The largest absolute Gasteiger partial charge is 0.352 e. The second-order valence-corrected chi connectivity index (χ2v) is 5.63. The van der Waals surface area contributed by atoms with Crippen LogP contribution in [0, 0.1) is 24.4 Å². The van der Waals surface area contributed by atoms with Gasteiger partial charge in [0.2, 0.25) is 0 Å². The monoisotopic (exact) mass is 357 g/mol. The number of nitrogens with zero attached hydrogens (tertiary/aromatic N) is 1. The minimum Gasteiger partial charge on any atom is -0.352 e. The van der Waals surface area contributed by atoms with Gasteiger partial charge in [0.25, 0.3) is 5.91 Å². The molecule has 2 N–H and O–H groups in total. The van der Waals surface area contributed by atoms with Crippen LogP contribution in [0.15, 0.2) is 54.9 Å². The van der Waals surface area contributed by atoms with E-state index in [1.54, 1.807) is 6.07 Å². The maximum Gasteiger partial charge on any atom is 0.257 e. The molecule has 0 aliphatic heterocycles. The van der Waals surface area contributed by atoms with E-state index in [4.69, 9.17) is 0 Å². The van der Waals surface area contributed by atoms with E-state index in [9.17, 15) is 18.0 Å². The summed E-state index contributed by atoms with van der Waals surface area (Å²) in [5.74, 6) is -4.61. The van der Waals surface area contributed by atoms with Crippen molar-refractivity contribution in [2.45, 2.75) is 6.92 Å². The summed E-state index contributed by atoms with van der Waals surface area (Å²) in [4.78, 5) is 16.3. The van der Waals surface area contributed by atoms with E-state index in [1.807, 2.05) is 25.1 Å². The van der Waals surface area contributed by atoms with Crippen LogP contribution in [-0.2, 0) is 0 Å². The molecule has 1 amide bonds. The van der Waals surface area contributed by atoms with Crippen LogP contribution in [0.1, 0.15) is 15.9 Å². The first-order valence-corrected chi connectivity index (χ1v) is 7.67. The second-order valence-electron chi connectivity index (χ2n) is 5.63. The van der Waals surface area contributed by atoms with Gasteiger partial charge in [-0.2, -0.15) is 0 Å². The third-order valence-corrected chi connectivity index (χ3v) is 3.59. The predicted octanol–water partition coefficient (Wildman–Crippen LogP) is 4.80. The number of halogens is 3. The number of pyridine rings is 1. The minimum atomic E-state index is -1.57. The van der Waals surface area contributed by atoms with E-state index in [1.165, 1.54) is 18.5 Å². The maximum absolute atomic E-state index is 13.8. The SMILES string of the molecule is Cc1cccc(NC(=O)c2cncc(Nc3ccc(F)c(F)c3F)c2)c1. The summed E-state index contributed by atoms with van der Waals surface area (Å²) < 4.78 is 40.1. The van der Waals surface area contributed by atoms with Gasteiger partial charge in [-0.1, -0.05) is 12.1 Å². The molecule has 3 rings (SSSR count). The lowest BCUT2D eigenvalue weighted by molar-refractivity contribution is 0.102. The summed E-state index contributed by atoms with van der Waals surface area (Å²) in [7, 11) is 0. The summed E-state index contributed by atoms with van der Waals surface area (Å²) in [5, 5.41) is 5.31. The van der Waals surface area contributed by atoms with E-state index in [0.29, 0.717) is 5.69 Å². The van der Waals surface area contributed by atoms with Crippen LogP contribution in [0.2, 0.25) is 0 Å². The van der Waals surface area contributed by atoms with E-state index < -0.39 is 23.4 Å². The van der Waals surface area contributed by atoms with Gasteiger partial charge >= 0.3 is 0 Å². The van der Waals surface area contributed by atoms with E-state index >= 15 is 0 Å². The Bertz CT molecular complexity index is 976. The fraction of sp³-hybridized carbons (Fsp3) is 0.0526. The van der Waals surface area contributed by atoms with Crippen LogP contribution >= 0.6 is 0 Å². The van der Waals surface area contributed by atoms with Crippen molar-refractivity contribution in [1.29, 1.82) is 0 Å². The Balaban J connectivity index is 1.80. The first kappa shape index (κ1) is 17.5. The summed E-state index contributed by atoms with van der Waals surface area (Å²) in [5.41, 5.74) is 1.83. The second kappa shape index (κ2) is 7.26. The van der Waals surface area contributed by atoms with Crippen molar-refractivity contribution in [3.05, 3.63) is 83.4 Å². The zero-order chi connectivity index (χ0) is 18.7. The number of hydrogen-bond acceptors (Lipinski definition) is 3. The highest BCUT2D eigenvalue weighted by Crippen LogP contribution is 2.24. The Morgan fingerprint density at radius 3 is 2.54 bits per heavy atom. The van der Waals surface area contributed by atoms with Crippen molar-refractivity contribution in [2.24, 2.45) is 0 Å². The van der Waals surface area contributed by atoms with Gasteiger partial charge in [0.05, 0.1) is 23.1 Å². The lowest BCUT2D eigenvalue weighted by Crippen LogP contribution is -2.12. The molecule has 2 aromatic carbocycles. The maximum atomic E-state index is 13.8. The van der Waals surface area contributed by atoms with Crippen molar-refractivity contribution in [2.75, 3.05) is 10.6 Å². The smallest absolute Gasteiger partial charge is 0.257 e. The number of hydrogen-bond donors (Lipinski definition) is 2. The third kappa shape index (κ3) is 3.83. The molecule has 7 heteroatoms. The van der Waals surface area contributed by atoms with Crippen LogP contribution < -0.4 is 10.6 Å². The van der Waals surface area contributed by atoms with Crippen molar-refractivity contribution in [3.63, 3.8) is 0 Å². The molecule has 3 aromatic rings. The van der Waals surface area contributed by atoms with Crippen molar-refractivity contribution < 1.29 is 18.0 Å². The van der Waals surface area contributed by atoms with Crippen LogP contribution in [0.4, 0.5) is 30.2 Å². The molecule has 0 saturated heterocycles. The van der Waals surface area contributed by atoms with E-state index in [0.717, 1.165) is 17.7 Å². The molecule has 1 aromatic heterocycles. The van der Waals surface area contributed by atoms with Gasteiger partial charge in [-0.15, -0.1) is 0 Å². The summed E-state index contributed by atoms with van der Waals surface area (Å²) in [6, 6.07) is 10.6. The molecule has 0 unspecified atom stereocenters. The standard InChI is InChI=1S/C19H14F3N3O/c1-11-3-2-4-13(7-11)25-19(26)12-8-14(10-23-9-12)24-16-6-5-15(20)17(21)18(16)22/h2-10,24H,1H3,(H,25,26). The molecule has 0 bridgehead atoms. The fourth-order valence-electron chi connectivity index (χ4n) is 2.34. The lowest BCUT2D eigenvalue weighted by Gasteiger charge is -2.10. The van der Waals surface area contributed by atoms with Gasteiger partial charge in [-0.05, 0) is 42.8 Å². The molecular formula is C19H14F3N3O. The van der Waals surface area contributed by atoms with Crippen LogP contribution in [0.5, 0.6) is 0 Å². The Kier molecular flexibility index (Phi) is 4.88. The number of rotatable bonds is 4. The third-order valence-electron chi connectivity index (χ3n) is 3.59. The molecule has 0 aliphatic rings. The highest BCUT2D eigenvalue weighted by molar-refractivity contribution is 6.04. The summed E-state index contributed by atoms with van der Waals surface area (Å²) >= 11 is 0. The van der Waals surface area contributed by atoms with Crippen molar-refractivity contribution in [1.82, 2.24) is 4.98 Å². The molecular weight excluding hydrogens is 343 g/mol. The van der Waals surface area contributed by atoms with Gasteiger partial charge in [0, 0.05) is 11.9 Å². The van der Waals surface area contributed by atoms with E-state index in [-0.39, 0.29) is 16.9 Å². The zero-order valence-corrected chi connectivity index (χ0v) is 13.7. The molecule has 0 radical (unpaired) electrons. The lowest BCUT2D eigenvalue weighted by atomic mass is 10.2. The van der Waals surface area contributed by atoms with Crippen LogP contribution in [0.25, 0.3) is 0 Å². The number of anilines is 3. The van der Waals surface area contributed by atoms with Crippen LogP contribution in [0.3, 0.4) is 0 Å². The number of benzene rings is 2. The minimum absolute atomic E-state index is 0.222. The number of carbonyl (C=O) groups excluding carboxylic acids is 1. The molecule has 4 nitrogen and oxygen atoms in total. The molecule has 0 atom stereocenters. The predicted molar refractivity (Wildman–Crippen MR) is 93.0 cm³/mol. The molecule has 132 valence electrons. The van der Waals surface area contributed by atoms with Gasteiger partial charge in [0.1, 0.15) is 0 Å². The molecule has 0 saturated carbocycles. The average Bonchev–Trinajstić information content (AvgIpc) is 2.62. The number of amides is 1. The highest BCUT2D eigenvalue weighted by atomic mass is 19.2. The molecule has 26 heavy (non-hydrogen) atoms. The first-order chi connectivity index (χ1) is 12.4. The Labute approximate surface area is 147 Å².